The highest BCUT2D eigenvalue weighted by Gasteiger charge is 2.03. The number of hydrazone groups is 1. The van der Waals surface area contributed by atoms with E-state index in [0.717, 1.165) is 35.2 Å². The SMILES string of the molecule is CC(O)C(=O)O.CCCCCNC(=N)N/N=C/c1c[nH]c2ccc(OC)cc12. The van der Waals surface area contributed by atoms with Gasteiger partial charge >= 0.3 is 5.97 Å². The lowest BCUT2D eigenvalue weighted by Crippen LogP contribution is -2.33. The van der Waals surface area contributed by atoms with Crippen LogP contribution in [0.25, 0.3) is 10.9 Å². The summed E-state index contributed by atoms with van der Waals surface area (Å²) in [6, 6.07) is 5.84. The molecule has 2 aromatic rings. The number of aliphatic carboxylic acids is 1. The minimum atomic E-state index is -1.23. The molecule has 9 nitrogen and oxygen atoms in total. The van der Waals surface area contributed by atoms with Crippen LogP contribution in [-0.4, -0.2) is 53.1 Å². The number of carboxylic acids is 1. The summed E-state index contributed by atoms with van der Waals surface area (Å²) >= 11 is 0. The van der Waals surface area contributed by atoms with Crippen molar-refractivity contribution >= 4 is 29.0 Å². The first-order valence-corrected chi connectivity index (χ1v) is 9.06. The van der Waals surface area contributed by atoms with Crippen LogP contribution in [0.15, 0.2) is 29.5 Å². The van der Waals surface area contributed by atoms with E-state index in [1.807, 2.05) is 24.4 Å². The van der Waals surface area contributed by atoms with Crippen LogP contribution in [-0.2, 0) is 4.79 Å². The van der Waals surface area contributed by atoms with Crippen LogP contribution in [0.5, 0.6) is 5.75 Å². The molecule has 1 aromatic carbocycles. The number of ether oxygens (including phenoxy) is 1. The maximum atomic E-state index is 9.45. The number of hydrogen-bond acceptors (Lipinski definition) is 5. The molecule has 1 unspecified atom stereocenters. The number of rotatable bonds is 8. The lowest BCUT2D eigenvalue weighted by atomic mass is 10.2. The smallest absolute Gasteiger partial charge is 0.332 e. The maximum Gasteiger partial charge on any atom is 0.332 e. The van der Waals surface area contributed by atoms with Gasteiger partial charge in [0.1, 0.15) is 11.9 Å². The first kappa shape index (κ1) is 23.0. The molecule has 0 aliphatic heterocycles. The van der Waals surface area contributed by atoms with E-state index in [9.17, 15) is 4.79 Å². The molecule has 0 fully saturated rings. The van der Waals surface area contributed by atoms with Crippen molar-refractivity contribution in [2.24, 2.45) is 5.10 Å². The van der Waals surface area contributed by atoms with Gasteiger partial charge in [-0.2, -0.15) is 5.10 Å². The molecule has 6 N–H and O–H groups in total. The molecule has 1 atom stereocenters. The van der Waals surface area contributed by atoms with E-state index in [0.29, 0.717) is 0 Å². The lowest BCUT2D eigenvalue weighted by Gasteiger charge is -2.05. The second kappa shape index (κ2) is 12.3. The number of carboxylic acid groups (broad SMARTS) is 1. The normalized spacial score (nSPS) is 11.6. The van der Waals surface area contributed by atoms with Gasteiger partial charge in [0, 0.05) is 29.2 Å². The highest BCUT2D eigenvalue weighted by Crippen LogP contribution is 2.22. The van der Waals surface area contributed by atoms with Crippen molar-refractivity contribution in [3.63, 3.8) is 0 Å². The Hall–Kier alpha value is -3.07. The molecule has 0 saturated heterocycles. The summed E-state index contributed by atoms with van der Waals surface area (Å²) in [7, 11) is 1.65. The fourth-order valence-electron chi connectivity index (χ4n) is 2.15. The van der Waals surface area contributed by atoms with E-state index in [4.69, 9.17) is 20.4 Å². The molecule has 0 amide bonds. The fourth-order valence-corrected chi connectivity index (χ4v) is 2.15. The van der Waals surface area contributed by atoms with Gasteiger partial charge in [0.2, 0.25) is 5.96 Å². The van der Waals surface area contributed by atoms with Gasteiger partial charge in [-0.1, -0.05) is 19.8 Å². The van der Waals surface area contributed by atoms with Crippen molar-refractivity contribution < 1.29 is 19.7 Å². The largest absolute Gasteiger partial charge is 0.497 e. The van der Waals surface area contributed by atoms with Crippen LogP contribution in [0.1, 0.15) is 38.7 Å². The topological polar surface area (TPSA) is 143 Å². The lowest BCUT2D eigenvalue weighted by molar-refractivity contribution is -0.145. The molecule has 0 bridgehead atoms. The van der Waals surface area contributed by atoms with Crippen LogP contribution in [0.2, 0.25) is 0 Å². The van der Waals surface area contributed by atoms with Gasteiger partial charge in [-0.25, -0.2) is 10.2 Å². The molecule has 0 aliphatic carbocycles. The Bertz CT molecular complexity index is 786. The molecule has 9 heteroatoms. The zero-order chi connectivity index (χ0) is 20.9. The van der Waals surface area contributed by atoms with Gasteiger partial charge in [-0.15, -0.1) is 0 Å². The van der Waals surface area contributed by atoms with Crippen LogP contribution >= 0.6 is 0 Å². The second-order valence-electron chi connectivity index (χ2n) is 6.05. The fraction of sp³-hybridized carbons (Fsp3) is 0.421. The highest BCUT2D eigenvalue weighted by molar-refractivity contribution is 5.99. The van der Waals surface area contributed by atoms with Crippen LogP contribution in [0, 0.1) is 5.41 Å². The first-order valence-electron chi connectivity index (χ1n) is 9.06. The molecule has 0 radical (unpaired) electrons. The number of methoxy groups -OCH3 is 1. The van der Waals surface area contributed by atoms with Gasteiger partial charge in [-0.05, 0) is 31.5 Å². The van der Waals surface area contributed by atoms with Crippen molar-refractivity contribution in [2.75, 3.05) is 13.7 Å². The standard InChI is InChI=1S/C16H23N5O.C3H6O3/c1-3-4-5-8-18-16(17)21-20-11-12-10-19-15-7-6-13(22-2)9-14(12)15;1-2(4)3(5)6/h6-7,9-11,19H,3-5,8H2,1-2H3,(H3,17,18,21);2,4H,1H3,(H,5,6)/b20-11+;. The van der Waals surface area contributed by atoms with Gasteiger partial charge in [0.05, 0.1) is 13.3 Å². The monoisotopic (exact) mass is 391 g/mol. The van der Waals surface area contributed by atoms with Gasteiger partial charge in [-0.3, -0.25) is 5.41 Å². The molecular formula is C19H29N5O4. The number of carbonyl (C=O) groups is 1. The predicted octanol–water partition coefficient (Wildman–Crippen LogP) is 2.27. The van der Waals surface area contributed by atoms with Crippen molar-refractivity contribution in [1.82, 2.24) is 15.7 Å². The van der Waals surface area contributed by atoms with E-state index < -0.39 is 12.1 Å². The van der Waals surface area contributed by atoms with Crippen LogP contribution in [0.3, 0.4) is 0 Å². The summed E-state index contributed by atoms with van der Waals surface area (Å²) in [6.45, 7) is 4.14. The third kappa shape index (κ3) is 8.09. The molecule has 28 heavy (non-hydrogen) atoms. The third-order valence-corrected chi connectivity index (χ3v) is 3.74. The summed E-state index contributed by atoms with van der Waals surface area (Å²) in [5.41, 5.74) is 4.66. The molecular weight excluding hydrogens is 362 g/mol. The van der Waals surface area contributed by atoms with E-state index in [1.54, 1.807) is 13.3 Å². The Morgan fingerprint density at radius 3 is 2.75 bits per heavy atom. The van der Waals surface area contributed by atoms with Crippen molar-refractivity contribution in [2.45, 2.75) is 39.2 Å². The average molecular weight is 391 g/mol. The van der Waals surface area contributed by atoms with Crippen LogP contribution < -0.4 is 15.5 Å². The number of guanidine groups is 1. The van der Waals surface area contributed by atoms with Gasteiger partial charge in [0.15, 0.2) is 0 Å². The molecule has 1 aromatic heterocycles. The zero-order valence-corrected chi connectivity index (χ0v) is 16.5. The van der Waals surface area contributed by atoms with Crippen LogP contribution in [0.4, 0.5) is 0 Å². The van der Waals surface area contributed by atoms with E-state index >= 15 is 0 Å². The number of aromatic amines is 1. The number of hydrogen-bond donors (Lipinski definition) is 6. The third-order valence-electron chi connectivity index (χ3n) is 3.74. The minimum absolute atomic E-state index is 0.213. The summed E-state index contributed by atoms with van der Waals surface area (Å²) < 4.78 is 5.24. The molecule has 154 valence electrons. The Balaban J connectivity index is 0.000000568. The highest BCUT2D eigenvalue weighted by atomic mass is 16.5. The molecule has 2 rings (SSSR count). The maximum absolute atomic E-state index is 9.45. The van der Waals surface area contributed by atoms with Gasteiger partial charge in [0.25, 0.3) is 0 Å². The number of aromatic nitrogens is 1. The molecule has 0 saturated carbocycles. The van der Waals surface area contributed by atoms with E-state index in [1.165, 1.54) is 19.8 Å². The van der Waals surface area contributed by atoms with Gasteiger partial charge < -0.3 is 25.3 Å². The number of benzene rings is 1. The predicted molar refractivity (Wildman–Crippen MR) is 110 cm³/mol. The summed E-state index contributed by atoms with van der Waals surface area (Å²) in [5.74, 6) is -0.167. The van der Waals surface area contributed by atoms with Crippen molar-refractivity contribution in [1.29, 1.82) is 5.41 Å². The molecule has 1 heterocycles. The summed E-state index contributed by atoms with van der Waals surface area (Å²) in [4.78, 5) is 12.6. The summed E-state index contributed by atoms with van der Waals surface area (Å²) in [5, 5.41) is 31.6. The quantitative estimate of drug-likeness (QED) is 0.176. The van der Waals surface area contributed by atoms with E-state index in [2.05, 4.69) is 27.8 Å². The number of nitrogens with one attached hydrogen (secondary N) is 4. The number of H-pyrrole nitrogens is 1. The number of aliphatic hydroxyl groups excluding tert-OH is 1. The number of unbranched alkanes of at least 4 members (excludes halogenated alkanes) is 2. The van der Waals surface area contributed by atoms with Crippen molar-refractivity contribution in [3.8, 4) is 5.75 Å². The minimum Gasteiger partial charge on any atom is -0.497 e. The Labute approximate surface area is 164 Å². The first-order chi connectivity index (χ1) is 13.4. The average Bonchev–Trinajstić information content (AvgIpc) is 3.08. The zero-order valence-electron chi connectivity index (χ0n) is 16.5. The van der Waals surface area contributed by atoms with Crippen molar-refractivity contribution in [3.05, 3.63) is 30.0 Å². The summed E-state index contributed by atoms with van der Waals surface area (Å²) in [6.07, 6.45) is 5.75. The van der Waals surface area contributed by atoms with E-state index in [-0.39, 0.29) is 5.96 Å². The number of aliphatic hydroxyl groups is 1. The molecule has 0 aliphatic rings. The Morgan fingerprint density at radius 2 is 2.14 bits per heavy atom. The number of nitrogens with zero attached hydrogens (tertiary/aromatic N) is 1. The molecule has 0 spiro atoms. The number of fused-ring (bicyclic) bond motifs is 1. The Morgan fingerprint density at radius 1 is 1.43 bits per heavy atom. The Kier molecular flexibility index (Phi) is 10.1. The second-order valence-corrected chi connectivity index (χ2v) is 6.05.